The third-order valence-corrected chi connectivity index (χ3v) is 5.15. The molecule has 0 saturated carbocycles. The van der Waals surface area contributed by atoms with Crippen molar-refractivity contribution in [2.75, 3.05) is 13.2 Å². The topological polar surface area (TPSA) is 134 Å². The maximum Gasteiger partial charge on any atom is 0.408 e. The molecule has 10 nitrogen and oxygen atoms in total. The van der Waals surface area contributed by atoms with Crippen molar-refractivity contribution < 1.29 is 33.8 Å². The lowest BCUT2D eigenvalue weighted by Crippen LogP contribution is -2.54. The number of alkyl carbamates (subject to hydrolysis) is 1. The summed E-state index contributed by atoms with van der Waals surface area (Å²) in [5, 5.41) is 15.2. The number of phenolic OH excluding ortho intramolecular Hbond substituents is 1. The first-order valence-corrected chi connectivity index (χ1v) is 11.9. The van der Waals surface area contributed by atoms with E-state index in [-0.39, 0.29) is 36.8 Å². The third kappa shape index (κ3) is 9.49. The summed E-state index contributed by atoms with van der Waals surface area (Å²) in [5.74, 6) is -2.35. The van der Waals surface area contributed by atoms with Gasteiger partial charge in [-0.05, 0) is 51.3 Å². The van der Waals surface area contributed by atoms with Gasteiger partial charge in [0.2, 0.25) is 5.91 Å². The molecule has 0 heterocycles. The second kappa shape index (κ2) is 14.0. The Morgan fingerprint density at radius 1 is 1.19 bits per heavy atom. The van der Waals surface area contributed by atoms with Gasteiger partial charge in [0.25, 0.3) is 5.91 Å². The van der Waals surface area contributed by atoms with Gasteiger partial charge in [-0.2, -0.15) is 0 Å². The molecule has 1 aromatic carbocycles. The molecule has 0 aliphatic carbocycles. The second-order valence-corrected chi connectivity index (χ2v) is 9.19. The molecule has 3 unspecified atom stereocenters. The highest BCUT2D eigenvalue weighted by molar-refractivity contribution is 5.93. The third-order valence-electron chi connectivity index (χ3n) is 5.15. The van der Waals surface area contributed by atoms with Crippen LogP contribution >= 0.6 is 0 Å². The van der Waals surface area contributed by atoms with E-state index in [1.54, 1.807) is 34.6 Å². The molecule has 36 heavy (non-hydrogen) atoms. The average Bonchev–Trinajstić information content (AvgIpc) is 2.78. The number of benzene rings is 1. The molecule has 0 aromatic heterocycles. The Hall–Kier alpha value is -3.74. The first kappa shape index (κ1) is 30.3. The molecule has 0 aliphatic rings. The van der Waals surface area contributed by atoms with Crippen LogP contribution in [0, 0.1) is 18.4 Å². The van der Waals surface area contributed by atoms with Crippen LogP contribution < -0.4 is 10.6 Å². The number of esters is 1. The summed E-state index contributed by atoms with van der Waals surface area (Å²) in [7, 11) is 0. The minimum Gasteiger partial charge on any atom is -0.508 e. The standard InChI is InChI=1S/C26H37N3O7/c1-8-17(4)21(28-25(34)36-26(5,6)7)24(33)29(9-2)22(18-12-11-13-19(30)16-18)23(32)27-15-14-20(31)35-10-3/h2,11-13,16-17,21-22,30H,8,10,14-15H2,1,3-7H3,(H,27,32)(H,28,34). The molecule has 0 fully saturated rings. The van der Waals surface area contributed by atoms with Crippen LogP contribution in [0.25, 0.3) is 0 Å². The van der Waals surface area contributed by atoms with Crippen molar-refractivity contribution in [3.63, 3.8) is 0 Å². The van der Waals surface area contributed by atoms with Gasteiger partial charge in [-0.15, -0.1) is 0 Å². The number of amides is 3. The fourth-order valence-corrected chi connectivity index (χ4v) is 3.26. The van der Waals surface area contributed by atoms with Crippen molar-refractivity contribution in [2.24, 2.45) is 5.92 Å². The predicted molar refractivity (Wildman–Crippen MR) is 133 cm³/mol. The van der Waals surface area contributed by atoms with E-state index in [0.717, 1.165) is 4.90 Å². The van der Waals surface area contributed by atoms with Gasteiger partial charge in [0.05, 0.1) is 13.0 Å². The second-order valence-electron chi connectivity index (χ2n) is 9.19. The highest BCUT2D eigenvalue weighted by atomic mass is 16.6. The van der Waals surface area contributed by atoms with Crippen LogP contribution in [-0.4, -0.2) is 58.7 Å². The van der Waals surface area contributed by atoms with Gasteiger partial charge in [0.15, 0.2) is 0 Å². The van der Waals surface area contributed by atoms with E-state index >= 15 is 0 Å². The number of terminal acetylenes is 1. The first-order chi connectivity index (χ1) is 16.8. The number of carbonyl (C=O) groups excluding carboxylic acids is 4. The smallest absolute Gasteiger partial charge is 0.408 e. The summed E-state index contributed by atoms with van der Waals surface area (Å²) in [6.07, 6.45) is 5.35. The lowest BCUT2D eigenvalue weighted by Gasteiger charge is -2.32. The molecule has 0 bridgehead atoms. The maximum atomic E-state index is 13.6. The first-order valence-electron chi connectivity index (χ1n) is 11.9. The number of hydrogen-bond acceptors (Lipinski definition) is 7. The number of ether oxygens (including phenoxy) is 2. The zero-order valence-corrected chi connectivity index (χ0v) is 21.8. The summed E-state index contributed by atoms with van der Waals surface area (Å²) in [6, 6.07) is 5.59. The van der Waals surface area contributed by atoms with E-state index in [0.29, 0.717) is 6.42 Å². The number of rotatable bonds is 11. The van der Waals surface area contributed by atoms with Gasteiger partial charge in [-0.25, -0.2) is 4.79 Å². The van der Waals surface area contributed by atoms with Gasteiger partial charge in [-0.1, -0.05) is 38.8 Å². The molecule has 0 aliphatic heterocycles. The normalized spacial score (nSPS) is 13.4. The maximum absolute atomic E-state index is 13.6. The SMILES string of the molecule is C#CN(C(=O)C(NC(=O)OC(C)(C)C)C(C)CC)C(C(=O)NCCC(=O)OCC)c1cccc(O)c1. The van der Waals surface area contributed by atoms with Crippen LogP contribution in [0.3, 0.4) is 0 Å². The van der Waals surface area contributed by atoms with E-state index in [2.05, 4.69) is 16.7 Å². The van der Waals surface area contributed by atoms with Crippen molar-refractivity contribution in [2.45, 2.75) is 72.1 Å². The van der Waals surface area contributed by atoms with Gasteiger partial charge < -0.3 is 25.2 Å². The fourth-order valence-electron chi connectivity index (χ4n) is 3.26. The minimum atomic E-state index is -1.34. The van der Waals surface area contributed by atoms with E-state index in [9.17, 15) is 24.3 Å². The van der Waals surface area contributed by atoms with Crippen LogP contribution in [0.5, 0.6) is 5.75 Å². The molecule has 198 valence electrons. The highest BCUT2D eigenvalue weighted by Crippen LogP contribution is 2.26. The molecule has 0 spiro atoms. The average molecular weight is 504 g/mol. The van der Waals surface area contributed by atoms with Gasteiger partial charge in [0.1, 0.15) is 23.4 Å². The van der Waals surface area contributed by atoms with Crippen LogP contribution in [0.1, 0.15) is 66.0 Å². The number of nitrogens with zero attached hydrogens (tertiary/aromatic N) is 1. The molecule has 0 saturated heterocycles. The van der Waals surface area contributed by atoms with Crippen LogP contribution in [-0.2, 0) is 23.9 Å². The van der Waals surface area contributed by atoms with Crippen molar-refractivity contribution >= 4 is 23.9 Å². The van der Waals surface area contributed by atoms with Gasteiger partial charge in [0, 0.05) is 12.6 Å². The van der Waals surface area contributed by atoms with Crippen LogP contribution in [0.4, 0.5) is 4.79 Å². The Balaban J connectivity index is 3.31. The number of carbonyl (C=O) groups is 4. The largest absolute Gasteiger partial charge is 0.508 e. The highest BCUT2D eigenvalue weighted by Gasteiger charge is 2.37. The number of nitrogens with one attached hydrogen (secondary N) is 2. The molecule has 1 aromatic rings. The predicted octanol–water partition coefficient (Wildman–Crippen LogP) is 2.86. The van der Waals surface area contributed by atoms with Crippen molar-refractivity contribution in [1.82, 2.24) is 15.5 Å². The molecule has 1 rings (SSSR count). The number of hydrogen-bond donors (Lipinski definition) is 3. The van der Waals surface area contributed by atoms with E-state index in [1.807, 2.05) is 6.92 Å². The van der Waals surface area contributed by atoms with E-state index in [1.165, 1.54) is 24.3 Å². The van der Waals surface area contributed by atoms with Crippen LogP contribution in [0.2, 0.25) is 0 Å². The molecule has 3 N–H and O–H groups in total. The number of phenols is 1. The summed E-state index contributed by atoms with van der Waals surface area (Å²) < 4.78 is 10.2. The molecule has 3 amide bonds. The Kier molecular flexibility index (Phi) is 11.8. The fraction of sp³-hybridized carbons (Fsp3) is 0.538. The Labute approximate surface area is 212 Å². The molecular weight excluding hydrogens is 466 g/mol. The van der Waals surface area contributed by atoms with Crippen molar-refractivity contribution in [3.05, 3.63) is 29.8 Å². The van der Waals surface area contributed by atoms with E-state index < -0.39 is 41.6 Å². The molecule has 3 atom stereocenters. The van der Waals surface area contributed by atoms with Gasteiger partial charge >= 0.3 is 12.1 Å². The molecule has 10 heteroatoms. The summed E-state index contributed by atoms with van der Waals surface area (Å²) in [4.78, 5) is 51.9. The zero-order valence-electron chi connectivity index (χ0n) is 21.8. The minimum absolute atomic E-state index is 0.0511. The zero-order chi connectivity index (χ0) is 27.5. The lowest BCUT2D eigenvalue weighted by atomic mass is 9.96. The Bertz CT molecular complexity index is 965. The Morgan fingerprint density at radius 3 is 2.39 bits per heavy atom. The Morgan fingerprint density at radius 2 is 1.86 bits per heavy atom. The molecular formula is C26H37N3O7. The van der Waals surface area contributed by atoms with Gasteiger partial charge in [-0.3, -0.25) is 19.3 Å². The lowest BCUT2D eigenvalue weighted by molar-refractivity contribution is -0.143. The molecule has 0 radical (unpaired) electrons. The van der Waals surface area contributed by atoms with Crippen molar-refractivity contribution in [3.8, 4) is 18.2 Å². The van der Waals surface area contributed by atoms with E-state index in [4.69, 9.17) is 15.9 Å². The summed E-state index contributed by atoms with van der Waals surface area (Å²) >= 11 is 0. The van der Waals surface area contributed by atoms with Crippen LogP contribution in [0.15, 0.2) is 24.3 Å². The summed E-state index contributed by atoms with van der Waals surface area (Å²) in [5.41, 5.74) is -0.544. The monoisotopic (exact) mass is 503 g/mol. The quantitative estimate of drug-likeness (QED) is 0.240. The van der Waals surface area contributed by atoms with Crippen molar-refractivity contribution in [1.29, 1.82) is 0 Å². The number of aromatic hydroxyl groups is 1. The summed E-state index contributed by atoms with van der Waals surface area (Å²) in [6.45, 7) is 10.5.